The Bertz CT molecular complexity index is 390. The first kappa shape index (κ1) is 27.9. The largest absolute Gasteiger partial charge is 0.323 e. The van der Waals surface area contributed by atoms with Gasteiger partial charge in [-0.15, -0.1) is 0 Å². The molecule has 0 saturated heterocycles. The topological polar surface area (TPSA) is 69.6 Å². The molecule has 1 amide bonds. The number of amides is 1. The molecule has 6 heteroatoms. The van der Waals surface area contributed by atoms with Gasteiger partial charge in [0.15, 0.2) is 0 Å². The van der Waals surface area contributed by atoms with E-state index in [1.807, 2.05) is 52.8 Å². The molecule has 0 aliphatic carbocycles. The van der Waals surface area contributed by atoms with Crippen LogP contribution >= 0.6 is 7.14 Å². The quantitative estimate of drug-likeness (QED) is 0.150. The van der Waals surface area contributed by atoms with Crippen LogP contribution < -0.4 is 5.32 Å². The molecule has 0 aromatic rings. The number of hydroxylamine groups is 2. The molecule has 24 heavy (non-hydrogen) atoms. The van der Waals surface area contributed by atoms with Crippen LogP contribution in [0.4, 0.5) is 0 Å². The Morgan fingerprint density at radius 1 is 1.21 bits per heavy atom. The second-order valence-corrected chi connectivity index (χ2v) is 8.61. The van der Waals surface area contributed by atoms with Crippen LogP contribution in [0.15, 0.2) is 24.3 Å². The maximum absolute atomic E-state index is 12.2. The van der Waals surface area contributed by atoms with Gasteiger partial charge in [-0.05, 0) is 39.5 Å². The molecule has 0 aromatic heterocycles. The third-order valence-electron chi connectivity index (χ3n) is 2.88. The Labute approximate surface area is 149 Å². The molecule has 0 rings (SSSR count). The monoisotopic (exact) mass is 362 g/mol. The van der Waals surface area contributed by atoms with Crippen LogP contribution in [-0.2, 0) is 9.36 Å². The van der Waals surface area contributed by atoms with Crippen LogP contribution in [-0.4, -0.2) is 42.0 Å². The lowest BCUT2D eigenvalue weighted by Gasteiger charge is -2.24. The Morgan fingerprint density at radius 2 is 1.75 bits per heavy atom. The van der Waals surface area contributed by atoms with E-state index >= 15 is 0 Å². The van der Waals surface area contributed by atoms with Crippen molar-refractivity contribution in [1.29, 1.82) is 0 Å². The summed E-state index contributed by atoms with van der Waals surface area (Å²) in [5.41, 5.74) is 0. The molecule has 1 atom stereocenters. The Kier molecular flexibility index (Phi) is 21.5. The number of rotatable bonds is 9. The molecule has 144 valence electrons. The van der Waals surface area contributed by atoms with Crippen LogP contribution in [0.25, 0.3) is 0 Å². The molecule has 0 heterocycles. The predicted molar refractivity (Wildman–Crippen MR) is 106 cm³/mol. The maximum Gasteiger partial charge on any atom is 0.244 e. The number of hydrogen-bond acceptors (Lipinski definition) is 4. The summed E-state index contributed by atoms with van der Waals surface area (Å²) in [6.45, 7) is 14.7. The van der Waals surface area contributed by atoms with Gasteiger partial charge in [0, 0.05) is 6.92 Å². The zero-order chi connectivity index (χ0) is 19.6. The highest BCUT2D eigenvalue weighted by atomic mass is 31.2. The van der Waals surface area contributed by atoms with Gasteiger partial charge >= 0.3 is 0 Å². The summed E-state index contributed by atoms with van der Waals surface area (Å²) in [4.78, 5) is 10.9. The number of carbonyl (C=O) groups is 1. The number of nitrogens with zero attached hydrogens (tertiary/aromatic N) is 1. The van der Waals surface area contributed by atoms with Gasteiger partial charge in [0.25, 0.3) is 0 Å². The van der Waals surface area contributed by atoms with Crippen molar-refractivity contribution in [2.75, 3.05) is 20.0 Å². The standard InChI is InChI=1S/C14H27N2O3P.2C2H6/c1-5-6-7-8-9-10-11-14(20(3,4)19)15-12-16(18)13(2)17;2*1-2/h5-8,14-15,18H,9-12H2,1-4H3;2*1-2H3/b6-5-,8-7-;;. The molecule has 5 nitrogen and oxygen atoms in total. The van der Waals surface area contributed by atoms with Crippen LogP contribution in [0.3, 0.4) is 0 Å². The molecular weight excluding hydrogens is 323 g/mol. The average molecular weight is 362 g/mol. The minimum atomic E-state index is -2.32. The summed E-state index contributed by atoms with van der Waals surface area (Å²) in [6, 6.07) is 0. The summed E-state index contributed by atoms with van der Waals surface area (Å²) in [7, 11) is -2.32. The summed E-state index contributed by atoms with van der Waals surface area (Å²) in [6.07, 6.45) is 10.6. The third-order valence-corrected chi connectivity index (χ3v) is 4.82. The fraction of sp³-hybridized carbons (Fsp3) is 0.722. The Morgan fingerprint density at radius 3 is 2.17 bits per heavy atom. The Balaban J connectivity index is -0.00000102. The Hall–Kier alpha value is -0.900. The molecule has 0 aromatic carbocycles. The molecule has 0 bridgehead atoms. The number of nitrogens with one attached hydrogen (secondary N) is 1. The van der Waals surface area contributed by atoms with E-state index in [1.165, 1.54) is 6.92 Å². The van der Waals surface area contributed by atoms with Crippen molar-refractivity contribution in [2.24, 2.45) is 0 Å². The lowest BCUT2D eigenvalue weighted by Crippen LogP contribution is -2.40. The van der Waals surface area contributed by atoms with Gasteiger partial charge in [-0.1, -0.05) is 52.0 Å². The fourth-order valence-electron chi connectivity index (χ4n) is 1.65. The number of unbranched alkanes of at least 4 members (excludes halogenated alkanes) is 1. The lowest BCUT2D eigenvalue weighted by molar-refractivity contribution is -0.164. The van der Waals surface area contributed by atoms with Crippen molar-refractivity contribution in [3.63, 3.8) is 0 Å². The van der Waals surface area contributed by atoms with Gasteiger partial charge in [0.1, 0.15) is 0 Å². The minimum Gasteiger partial charge on any atom is -0.323 e. The van der Waals surface area contributed by atoms with E-state index in [-0.39, 0.29) is 12.5 Å². The highest BCUT2D eigenvalue weighted by Gasteiger charge is 2.22. The van der Waals surface area contributed by atoms with E-state index in [1.54, 1.807) is 13.3 Å². The smallest absolute Gasteiger partial charge is 0.244 e. The van der Waals surface area contributed by atoms with Crippen LogP contribution in [0.2, 0.25) is 0 Å². The van der Waals surface area contributed by atoms with Crippen molar-refractivity contribution in [2.45, 2.75) is 66.6 Å². The highest BCUT2D eigenvalue weighted by Crippen LogP contribution is 2.43. The zero-order valence-corrected chi connectivity index (χ0v) is 17.8. The molecular formula is C18H39N2O3P. The second-order valence-electron chi connectivity index (χ2n) is 5.12. The van der Waals surface area contributed by atoms with Crippen molar-refractivity contribution in [3.05, 3.63) is 24.3 Å². The van der Waals surface area contributed by atoms with Gasteiger partial charge in [-0.2, -0.15) is 0 Å². The molecule has 2 N–H and O–H groups in total. The first-order valence-electron chi connectivity index (χ1n) is 8.82. The molecule has 0 saturated carbocycles. The molecule has 0 radical (unpaired) electrons. The van der Waals surface area contributed by atoms with Gasteiger partial charge in [0.2, 0.25) is 5.91 Å². The second kappa shape index (κ2) is 18.4. The SMILES string of the molecule is C/C=C\C=C/CCCC(NCN(O)C(C)=O)P(C)(C)=O.CC.CC. The first-order chi connectivity index (χ1) is 11.3. The van der Waals surface area contributed by atoms with E-state index in [4.69, 9.17) is 0 Å². The summed E-state index contributed by atoms with van der Waals surface area (Å²) >= 11 is 0. The minimum absolute atomic E-state index is 0.0000811. The fourth-order valence-corrected chi connectivity index (χ4v) is 2.98. The van der Waals surface area contributed by atoms with E-state index in [9.17, 15) is 14.6 Å². The van der Waals surface area contributed by atoms with E-state index in [0.29, 0.717) is 5.06 Å². The average Bonchev–Trinajstić information content (AvgIpc) is 2.55. The van der Waals surface area contributed by atoms with Gasteiger partial charge in [-0.25, -0.2) is 5.06 Å². The molecule has 0 fully saturated rings. The number of hydrogen-bond donors (Lipinski definition) is 2. The van der Waals surface area contributed by atoms with E-state index in [2.05, 4.69) is 11.4 Å². The number of carbonyl (C=O) groups excluding carboxylic acids is 1. The molecule has 0 aliphatic heterocycles. The summed E-state index contributed by atoms with van der Waals surface area (Å²) < 4.78 is 12.2. The zero-order valence-electron chi connectivity index (χ0n) is 16.9. The maximum atomic E-state index is 12.2. The highest BCUT2D eigenvalue weighted by molar-refractivity contribution is 7.63. The summed E-state index contributed by atoms with van der Waals surface area (Å²) in [5.74, 6) is -0.626. The van der Waals surface area contributed by atoms with Gasteiger partial charge in [-0.3, -0.25) is 15.3 Å². The van der Waals surface area contributed by atoms with Crippen molar-refractivity contribution >= 4 is 13.0 Å². The molecule has 0 spiro atoms. The van der Waals surface area contributed by atoms with Gasteiger partial charge in [0.05, 0.1) is 19.6 Å². The van der Waals surface area contributed by atoms with Crippen molar-refractivity contribution in [1.82, 2.24) is 10.4 Å². The van der Waals surface area contributed by atoms with Crippen molar-refractivity contribution in [3.8, 4) is 0 Å². The van der Waals surface area contributed by atoms with Crippen molar-refractivity contribution < 1.29 is 14.6 Å². The van der Waals surface area contributed by atoms with Crippen LogP contribution in [0, 0.1) is 0 Å². The summed E-state index contributed by atoms with van der Waals surface area (Å²) in [5, 5.41) is 12.9. The number of allylic oxidation sites excluding steroid dienone is 4. The molecule has 1 unspecified atom stereocenters. The third kappa shape index (κ3) is 17.5. The van der Waals surface area contributed by atoms with Crippen LogP contribution in [0.5, 0.6) is 0 Å². The van der Waals surface area contributed by atoms with Crippen LogP contribution in [0.1, 0.15) is 60.8 Å². The predicted octanol–water partition coefficient (Wildman–Crippen LogP) is 5.08. The van der Waals surface area contributed by atoms with E-state index < -0.39 is 13.0 Å². The van der Waals surface area contributed by atoms with E-state index in [0.717, 1.165) is 19.3 Å². The molecule has 0 aliphatic rings. The normalized spacial score (nSPS) is 12.2. The first-order valence-corrected chi connectivity index (χ1v) is 11.5. The van der Waals surface area contributed by atoms with Gasteiger partial charge < -0.3 is 4.57 Å². The lowest BCUT2D eigenvalue weighted by atomic mass is 10.2.